The van der Waals surface area contributed by atoms with Crippen molar-refractivity contribution in [2.24, 2.45) is 0 Å². The number of benzene rings is 2. The zero-order chi connectivity index (χ0) is 20.4. The highest BCUT2D eigenvalue weighted by atomic mass is 16.2. The molecule has 1 aromatic heterocycles. The van der Waals surface area contributed by atoms with Crippen molar-refractivity contribution in [3.8, 4) is 0 Å². The minimum Gasteiger partial charge on any atom is -0.378 e. The maximum atomic E-state index is 12.4. The number of anilines is 1. The van der Waals surface area contributed by atoms with Crippen LogP contribution in [0, 0.1) is 0 Å². The van der Waals surface area contributed by atoms with E-state index in [0.717, 1.165) is 18.4 Å². The minimum atomic E-state index is -0.218. The van der Waals surface area contributed by atoms with Gasteiger partial charge >= 0.3 is 0 Å². The topological polar surface area (TPSA) is 60.2 Å². The van der Waals surface area contributed by atoms with Crippen molar-refractivity contribution < 1.29 is 4.79 Å². The van der Waals surface area contributed by atoms with E-state index in [1.54, 1.807) is 0 Å². The van der Waals surface area contributed by atoms with Crippen molar-refractivity contribution in [2.75, 3.05) is 25.5 Å². The molecule has 1 aliphatic rings. The zero-order valence-corrected chi connectivity index (χ0v) is 17.4. The number of H-pyrrole nitrogens is 1. The Hall–Kier alpha value is -2.79. The summed E-state index contributed by atoms with van der Waals surface area (Å²) in [4.78, 5) is 17.9. The molecule has 29 heavy (non-hydrogen) atoms. The first-order chi connectivity index (χ1) is 14.0. The van der Waals surface area contributed by atoms with Gasteiger partial charge < -0.3 is 20.5 Å². The highest BCUT2D eigenvalue weighted by Gasteiger charge is 2.26. The van der Waals surface area contributed by atoms with Crippen molar-refractivity contribution in [3.05, 3.63) is 65.9 Å². The Morgan fingerprint density at radius 1 is 1.14 bits per heavy atom. The van der Waals surface area contributed by atoms with Crippen LogP contribution in [0.15, 0.2) is 54.7 Å². The molecule has 5 heteroatoms. The maximum absolute atomic E-state index is 12.4. The van der Waals surface area contributed by atoms with E-state index in [4.69, 9.17) is 0 Å². The van der Waals surface area contributed by atoms with Gasteiger partial charge in [-0.05, 0) is 49.1 Å². The Morgan fingerprint density at radius 3 is 2.55 bits per heavy atom. The van der Waals surface area contributed by atoms with E-state index in [9.17, 15) is 4.79 Å². The number of carbonyl (C=O) groups excluding carboxylic acids is 1. The summed E-state index contributed by atoms with van der Waals surface area (Å²) in [6.07, 6.45) is 4.31. The van der Waals surface area contributed by atoms with E-state index in [2.05, 4.69) is 69.2 Å². The Kier molecular flexibility index (Phi) is 5.58. The first-order valence-electron chi connectivity index (χ1n) is 10.4. The number of aromatic nitrogens is 1. The summed E-state index contributed by atoms with van der Waals surface area (Å²) < 4.78 is 0. The van der Waals surface area contributed by atoms with Crippen molar-refractivity contribution in [1.82, 2.24) is 15.6 Å². The Morgan fingerprint density at radius 2 is 1.86 bits per heavy atom. The van der Waals surface area contributed by atoms with Gasteiger partial charge in [-0.25, -0.2) is 0 Å². The number of fused-ring (bicyclic) bond motifs is 1. The fourth-order valence-corrected chi connectivity index (χ4v) is 3.74. The molecule has 0 aliphatic heterocycles. The van der Waals surface area contributed by atoms with Gasteiger partial charge in [0, 0.05) is 55.4 Å². The van der Waals surface area contributed by atoms with Crippen molar-refractivity contribution in [2.45, 2.75) is 37.8 Å². The van der Waals surface area contributed by atoms with E-state index in [1.807, 2.05) is 27.1 Å². The van der Waals surface area contributed by atoms with Gasteiger partial charge in [-0.2, -0.15) is 0 Å². The highest BCUT2D eigenvalue weighted by molar-refractivity contribution is 5.84. The second-order valence-corrected chi connectivity index (χ2v) is 8.24. The van der Waals surface area contributed by atoms with E-state index in [0.29, 0.717) is 12.6 Å². The van der Waals surface area contributed by atoms with Crippen LogP contribution in [0.4, 0.5) is 5.69 Å². The summed E-state index contributed by atoms with van der Waals surface area (Å²) in [7, 11) is 4.10. The number of hydrogen-bond donors (Lipinski definition) is 3. The lowest BCUT2D eigenvalue weighted by Crippen LogP contribution is -2.44. The molecular weight excluding hydrogens is 360 g/mol. The lowest BCUT2D eigenvalue weighted by Gasteiger charge is -2.22. The van der Waals surface area contributed by atoms with Crippen LogP contribution >= 0.6 is 0 Å². The van der Waals surface area contributed by atoms with E-state index < -0.39 is 0 Å². The molecule has 0 spiro atoms. The summed E-state index contributed by atoms with van der Waals surface area (Å²) >= 11 is 0. The normalized spacial score (nSPS) is 15.8. The highest BCUT2D eigenvalue weighted by Crippen LogP contribution is 2.31. The molecule has 3 aromatic rings. The fourth-order valence-electron chi connectivity index (χ4n) is 3.74. The summed E-state index contributed by atoms with van der Waals surface area (Å²) in [6, 6.07) is 17.2. The van der Waals surface area contributed by atoms with Crippen molar-refractivity contribution >= 4 is 22.5 Å². The van der Waals surface area contributed by atoms with Crippen LogP contribution in [-0.4, -0.2) is 43.6 Å². The molecule has 0 radical (unpaired) electrons. The van der Waals surface area contributed by atoms with Crippen molar-refractivity contribution in [3.63, 3.8) is 0 Å². The first kappa shape index (κ1) is 19.5. The zero-order valence-electron chi connectivity index (χ0n) is 17.4. The standard InChI is InChI=1S/C24H30N4O/c1-16(24(29)27-18-10-11-18)25-14-21(17-8-12-19(13-9-17)28(2)3)22-15-26-23-7-5-4-6-20(22)23/h4-9,12-13,15-16,18,21,25-26H,10-11,14H2,1-3H3,(H,27,29)/t16-,21-/m1/s1. The van der Waals surface area contributed by atoms with E-state index in [1.165, 1.54) is 22.2 Å². The van der Waals surface area contributed by atoms with Crippen molar-refractivity contribution in [1.29, 1.82) is 0 Å². The molecule has 1 heterocycles. The lowest BCUT2D eigenvalue weighted by atomic mass is 9.90. The predicted octanol–water partition coefficient (Wildman–Crippen LogP) is 3.62. The Labute approximate surface area is 172 Å². The van der Waals surface area contributed by atoms with Crippen LogP contribution < -0.4 is 15.5 Å². The SMILES string of the molecule is C[C@@H](NC[C@H](c1ccc(N(C)C)cc1)c1c[nH]c2ccccc12)C(=O)NC1CC1. The molecule has 2 aromatic carbocycles. The molecule has 0 saturated heterocycles. The number of carbonyl (C=O) groups is 1. The maximum Gasteiger partial charge on any atom is 0.237 e. The van der Waals surface area contributed by atoms with Crippen LogP contribution in [0.3, 0.4) is 0 Å². The molecule has 4 rings (SSSR count). The lowest BCUT2D eigenvalue weighted by molar-refractivity contribution is -0.122. The fraction of sp³-hybridized carbons (Fsp3) is 0.375. The molecule has 1 fully saturated rings. The Balaban J connectivity index is 1.59. The van der Waals surface area contributed by atoms with Gasteiger partial charge in [-0.15, -0.1) is 0 Å². The van der Waals surface area contributed by atoms with Gasteiger partial charge in [-0.1, -0.05) is 30.3 Å². The number of aromatic amines is 1. The summed E-state index contributed by atoms with van der Waals surface area (Å²) in [5, 5.41) is 7.78. The molecule has 1 aliphatic carbocycles. The number of rotatable bonds is 8. The smallest absolute Gasteiger partial charge is 0.237 e. The average molecular weight is 391 g/mol. The molecule has 0 unspecified atom stereocenters. The summed E-state index contributed by atoms with van der Waals surface area (Å²) in [5.41, 5.74) is 4.80. The molecular formula is C24H30N4O. The quantitative estimate of drug-likeness (QED) is 0.551. The molecule has 152 valence electrons. The molecule has 0 bridgehead atoms. The molecule has 5 nitrogen and oxygen atoms in total. The molecule has 1 saturated carbocycles. The second-order valence-electron chi connectivity index (χ2n) is 8.24. The summed E-state index contributed by atoms with van der Waals surface area (Å²) in [6.45, 7) is 2.64. The van der Waals surface area contributed by atoms with Crippen LogP contribution in [0.5, 0.6) is 0 Å². The first-order valence-corrected chi connectivity index (χ1v) is 10.4. The predicted molar refractivity (Wildman–Crippen MR) is 120 cm³/mol. The number of hydrogen-bond acceptors (Lipinski definition) is 3. The van der Waals surface area contributed by atoms with Gasteiger partial charge in [0.05, 0.1) is 6.04 Å². The van der Waals surface area contributed by atoms with Gasteiger partial charge in [0.2, 0.25) is 5.91 Å². The molecule has 2 atom stereocenters. The average Bonchev–Trinajstić information content (AvgIpc) is 3.45. The van der Waals surface area contributed by atoms with Crippen LogP contribution in [0.25, 0.3) is 10.9 Å². The third-order valence-corrected chi connectivity index (χ3v) is 5.75. The largest absolute Gasteiger partial charge is 0.378 e. The number of nitrogens with zero attached hydrogens (tertiary/aromatic N) is 1. The number of nitrogens with one attached hydrogen (secondary N) is 3. The van der Waals surface area contributed by atoms with E-state index in [-0.39, 0.29) is 17.9 Å². The molecule has 3 N–H and O–H groups in total. The Bertz CT molecular complexity index is 972. The van der Waals surface area contributed by atoms with E-state index >= 15 is 0 Å². The number of amides is 1. The van der Waals surface area contributed by atoms with Gasteiger partial charge in [-0.3, -0.25) is 4.79 Å². The third kappa shape index (κ3) is 4.46. The van der Waals surface area contributed by atoms with Crippen LogP contribution in [-0.2, 0) is 4.79 Å². The van der Waals surface area contributed by atoms with Gasteiger partial charge in [0.15, 0.2) is 0 Å². The van der Waals surface area contributed by atoms with Crippen LogP contribution in [0.2, 0.25) is 0 Å². The monoisotopic (exact) mass is 390 g/mol. The second kappa shape index (κ2) is 8.29. The number of para-hydroxylation sites is 1. The van der Waals surface area contributed by atoms with Gasteiger partial charge in [0.1, 0.15) is 0 Å². The third-order valence-electron chi connectivity index (χ3n) is 5.75. The van der Waals surface area contributed by atoms with Crippen LogP contribution in [0.1, 0.15) is 36.8 Å². The van der Waals surface area contributed by atoms with Gasteiger partial charge in [0.25, 0.3) is 0 Å². The minimum absolute atomic E-state index is 0.0909. The molecule has 1 amide bonds. The summed E-state index contributed by atoms with van der Waals surface area (Å²) in [5.74, 6) is 0.242.